The highest BCUT2D eigenvalue weighted by Crippen LogP contribution is 2.08. The van der Waals surface area contributed by atoms with Gasteiger partial charge in [0, 0.05) is 13.1 Å². The molecular formula is C15H21N3O4S. The standard InChI is InChI=1S/C15H21N3O4S/c1-3-18(11-12(2)10-16)23(21,22)17-14(15(19)20)9-13-7-5-4-6-8-13/h4-8,12,14,17H,3,9,11H2,1-2H3,(H,19,20)/t12?,14-/m1/s1. The van der Waals surface area contributed by atoms with Gasteiger partial charge in [-0.3, -0.25) is 4.79 Å². The molecule has 0 spiro atoms. The van der Waals surface area contributed by atoms with E-state index in [2.05, 4.69) is 4.72 Å². The number of aliphatic carboxylic acids is 1. The summed E-state index contributed by atoms with van der Waals surface area (Å²) in [6.07, 6.45) is 0.0424. The summed E-state index contributed by atoms with van der Waals surface area (Å²) < 4.78 is 28.0. The van der Waals surface area contributed by atoms with Crippen molar-refractivity contribution in [1.82, 2.24) is 9.03 Å². The van der Waals surface area contributed by atoms with E-state index in [1.54, 1.807) is 44.2 Å². The van der Waals surface area contributed by atoms with E-state index in [-0.39, 0.29) is 19.5 Å². The molecule has 0 saturated heterocycles. The number of nitrogens with one attached hydrogen (secondary N) is 1. The molecule has 0 fully saturated rings. The van der Waals surface area contributed by atoms with E-state index in [0.29, 0.717) is 0 Å². The lowest BCUT2D eigenvalue weighted by molar-refractivity contribution is -0.138. The molecule has 0 heterocycles. The van der Waals surface area contributed by atoms with Gasteiger partial charge in [0.25, 0.3) is 10.2 Å². The fourth-order valence-electron chi connectivity index (χ4n) is 2.03. The molecule has 0 aliphatic heterocycles. The lowest BCUT2D eigenvalue weighted by Crippen LogP contribution is -2.50. The normalized spacial score (nSPS) is 14.2. The van der Waals surface area contributed by atoms with E-state index in [0.717, 1.165) is 9.87 Å². The van der Waals surface area contributed by atoms with Crippen molar-refractivity contribution in [1.29, 1.82) is 5.26 Å². The lowest BCUT2D eigenvalue weighted by Gasteiger charge is -2.24. The van der Waals surface area contributed by atoms with Crippen molar-refractivity contribution in [2.45, 2.75) is 26.3 Å². The van der Waals surface area contributed by atoms with Crippen molar-refractivity contribution in [2.24, 2.45) is 5.92 Å². The van der Waals surface area contributed by atoms with Crippen LogP contribution in [0.5, 0.6) is 0 Å². The molecule has 0 radical (unpaired) electrons. The third-order valence-corrected chi connectivity index (χ3v) is 4.93. The zero-order valence-corrected chi connectivity index (χ0v) is 14.0. The van der Waals surface area contributed by atoms with Crippen molar-refractivity contribution in [3.8, 4) is 6.07 Å². The summed E-state index contributed by atoms with van der Waals surface area (Å²) in [5.74, 6) is -1.73. The maximum atomic E-state index is 12.4. The summed E-state index contributed by atoms with van der Waals surface area (Å²) in [5.41, 5.74) is 0.719. The maximum Gasteiger partial charge on any atom is 0.322 e. The smallest absolute Gasteiger partial charge is 0.322 e. The van der Waals surface area contributed by atoms with Crippen LogP contribution in [0.1, 0.15) is 19.4 Å². The largest absolute Gasteiger partial charge is 0.480 e. The van der Waals surface area contributed by atoms with Crippen molar-refractivity contribution in [3.63, 3.8) is 0 Å². The Morgan fingerprint density at radius 1 is 1.39 bits per heavy atom. The predicted octanol–water partition coefficient (Wildman–Crippen LogP) is 0.998. The van der Waals surface area contributed by atoms with E-state index in [4.69, 9.17) is 5.26 Å². The molecule has 0 aliphatic rings. The number of carboxylic acids is 1. The van der Waals surface area contributed by atoms with E-state index in [9.17, 15) is 18.3 Å². The first-order valence-electron chi connectivity index (χ1n) is 7.24. The Morgan fingerprint density at radius 3 is 2.48 bits per heavy atom. The quantitative estimate of drug-likeness (QED) is 0.697. The molecule has 1 unspecified atom stereocenters. The van der Waals surface area contributed by atoms with Crippen LogP contribution in [-0.4, -0.2) is 42.9 Å². The van der Waals surface area contributed by atoms with Crippen molar-refractivity contribution in [2.75, 3.05) is 13.1 Å². The van der Waals surface area contributed by atoms with Gasteiger partial charge >= 0.3 is 5.97 Å². The first kappa shape index (κ1) is 19.1. The van der Waals surface area contributed by atoms with Crippen LogP contribution in [0.25, 0.3) is 0 Å². The maximum absolute atomic E-state index is 12.4. The number of nitrogens with zero attached hydrogens (tertiary/aromatic N) is 2. The molecule has 23 heavy (non-hydrogen) atoms. The molecule has 126 valence electrons. The van der Waals surface area contributed by atoms with Gasteiger partial charge in [0.05, 0.1) is 12.0 Å². The Morgan fingerprint density at radius 2 is 2.00 bits per heavy atom. The number of hydrogen-bond acceptors (Lipinski definition) is 4. The van der Waals surface area contributed by atoms with Gasteiger partial charge in [-0.15, -0.1) is 0 Å². The van der Waals surface area contributed by atoms with E-state index in [1.165, 1.54) is 0 Å². The Balaban J connectivity index is 2.89. The predicted molar refractivity (Wildman–Crippen MR) is 85.6 cm³/mol. The van der Waals surface area contributed by atoms with E-state index in [1.807, 2.05) is 6.07 Å². The second-order valence-electron chi connectivity index (χ2n) is 5.18. The topological polar surface area (TPSA) is 111 Å². The lowest BCUT2D eigenvalue weighted by atomic mass is 10.1. The number of nitriles is 1. The van der Waals surface area contributed by atoms with Crippen molar-refractivity contribution in [3.05, 3.63) is 35.9 Å². The Labute approximate surface area is 136 Å². The molecule has 0 aromatic heterocycles. The monoisotopic (exact) mass is 339 g/mol. The van der Waals surface area contributed by atoms with Gasteiger partial charge in [-0.05, 0) is 18.9 Å². The SMILES string of the molecule is CCN(CC(C)C#N)S(=O)(=O)N[C@H](Cc1ccccc1)C(=O)O. The van der Waals surface area contributed by atoms with Gasteiger partial charge in [0.15, 0.2) is 0 Å². The molecule has 2 atom stereocenters. The number of benzene rings is 1. The summed E-state index contributed by atoms with van der Waals surface area (Å²) in [6.45, 7) is 3.41. The average Bonchev–Trinajstić information content (AvgIpc) is 2.52. The summed E-state index contributed by atoms with van der Waals surface area (Å²) in [5, 5.41) is 18.1. The molecular weight excluding hydrogens is 318 g/mol. The number of carboxylic acid groups (broad SMARTS) is 1. The second kappa shape index (κ2) is 8.62. The van der Waals surface area contributed by atoms with Crippen LogP contribution >= 0.6 is 0 Å². The molecule has 1 aromatic carbocycles. The molecule has 1 rings (SSSR count). The minimum Gasteiger partial charge on any atom is -0.480 e. The third kappa shape index (κ3) is 5.98. The van der Waals surface area contributed by atoms with Crippen LogP contribution in [0.2, 0.25) is 0 Å². The zero-order valence-electron chi connectivity index (χ0n) is 13.1. The molecule has 0 saturated carbocycles. The first-order valence-corrected chi connectivity index (χ1v) is 8.68. The highest BCUT2D eigenvalue weighted by atomic mass is 32.2. The van der Waals surface area contributed by atoms with Crippen LogP contribution in [0.15, 0.2) is 30.3 Å². The number of hydrogen-bond donors (Lipinski definition) is 2. The van der Waals surface area contributed by atoms with Crippen molar-refractivity contribution < 1.29 is 18.3 Å². The Hall–Kier alpha value is -1.95. The molecule has 0 aliphatic carbocycles. The van der Waals surface area contributed by atoms with Gasteiger partial charge in [0.2, 0.25) is 0 Å². The summed E-state index contributed by atoms with van der Waals surface area (Å²) >= 11 is 0. The van der Waals surface area contributed by atoms with E-state index >= 15 is 0 Å². The van der Waals surface area contributed by atoms with Gasteiger partial charge in [0.1, 0.15) is 6.04 Å². The van der Waals surface area contributed by atoms with Crippen LogP contribution in [0.3, 0.4) is 0 Å². The molecule has 0 bridgehead atoms. The van der Waals surface area contributed by atoms with Gasteiger partial charge in [-0.1, -0.05) is 37.3 Å². The molecule has 7 nitrogen and oxygen atoms in total. The summed E-state index contributed by atoms with van der Waals surface area (Å²) in [7, 11) is -3.99. The van der Waals surface area contributed by atoms with Crippen LogP contribution in [0, 0.1) is 17.2 Å². The average molecular weight is 339 g/mol. The fraction of sp³-hybridized carbons (Fsp3) is 0.467. The first-order chi connectivity index (χ1) is 10.8. The van der Waals surface area contributed by atoms with Crippen LogP contribution < -0.4 is 4.72 Å². The van der Waals surface area contributed by atoms with E-state index < -0.39 is 28.1 Å². The molecule has 1 aromatic rings. The molecule has 8 heteroatoms. The number of rotatable bonds is 9. The Kier molecular flexibility index (Phi) is 7.16. The molecule has 0 amide bonds. The second-order valence-corrected chi connectivity index (χ2v) is 6.89. The third-order valence-electron chi connectivity index (χ3n) is 3.26. The van der Waals surface area contributed by atoms with Crippen LogP contribution in [-0.2, 0) is 21.4 Å². The van der Waals surface area contributed by atoms with Gasteiger partial charge < -0.3 is 5.11 Å². The van der Waals surface area contributed by atoms with Crippen LogP contribution in [0.4, 0.5) is 0 Å². The minimum atomic E-state index is -3.99. The number of carbonyl (C=O) groups is 1. The zero-order chi connectivity index (χ0) is 17.5. The summed E-state index contributed by atoms with van der Waals surface area (Å²) in [6, 6.07) is 9.49. The summed E-state index contributed by atoms with van der Waals surface area (Å²) in [4.78, 5) is 11.4. The fourth-order valence-corrected chi connectivity index (χ4v) is 3.48. The van der Waals surface area contributed by atoms with Crippen molar-refractivity contribution >= 4 is 16.2 Å². The Bertz CT molecular complexity index is 655. The van der Waals surface area contributed by atoms with Gasteiger partial charge in [-0.2, -0.15) is 22.7 Å². The highest BCUT2D eigenvalue weighted by Gasteiger charge is 2.29. The highest BCUT2D eigenvalue weighted by molar-refractivity contribution is 7.87. The minimum absolute atomic E-state index is 0.0139. The van der Waals surface area contributed by atoms with Gasteiger partial charge in [-0.25, -0.2) is 0 Å². The molecule has 2 N–H and O–H groups in total.